The average molecular weight is 218 g/mol. The summed E-state index contributed by atoms with van der Waals surface area (Å²) in [4.78, 5) is 18.9. The maximum atomic E-state index is 11.8. The lowest BCUT2D eigenvalue weighted by Gasteiger charge is -2.04. The molecule has 4 heteroatoms. The molecule has 2 heterocycles. The molecule has 0 radical (unpaired) electrons. The molecule has 0 unspecified atom stereocenters. The molecule has 0 bridgehead atoms. The number of aromatic amines is 1. The van der Waals surface area contributed by atoms with Crippen molar-refractivity contribution < 1.29 is 4.42 Å². The van der Waals surface area contributed by atoms with Crippen LogP contribution in [0, 0.1) is 13.8 Å². The Balaban J connectivity index is 2.61. The number of furan rings is 1. The van der Waals surface area contributed by atoms with Crippen molar-refractivity contribution in [2.45, 2.75) is 27.2 Å². The van der Waals surface area contributed by atoms with Crippen LogP contribution in [0.5, 0.6) is 0 Å². The molecule has 16 heavy (non-hydrogen) atoms. The molecule has 2 rings (SSSR count). The van der Waals surface area contributed by atoms with Gasteiger partial charge in [-0.25, -0.2) is 4.98 Å². The van der Waals surface area contributed by atoms with Crippen LogP contribution in [-0.2, 0) is 6.42 Å². The molecular formula is C12H14N2O2. The summed E-state index contributed by atoms with van der Waals surface area (Å²) in [7, 11) is 0. The highest BCUT2D eigenvalue weighted by Gasteiger charge is 2.10. The lowest BCUT2D eigenvalue weighted by atomic mass is 10.1. The van der Waals surface area contributed by atoms with Gasteiger partial charge in [0.1, 0.15) is 11.6 Å². The van der Waals surface area contributed by atoms with E-state index in [0.717, 1.165) is 22.6 Å². The molecule has 2 aromatic heterocycles. The van der Waals surface area contributed by atoms with Gasteiger partial charge in [0.15, 0.2) is 0 Å². The molecule has 0 saturated carbocycles. The van der Waals surface area contributed by atoms with Crippen LogP contribution < -0.4 is 5.56 Å². The molecule has 2 aromatic rings. The van der Waals surface area contributed by atoms with Crippen molar-refractivity contribution in [3.05, 3.63) is 39.7 Å². The predicted molar refractivity (Wildman–Crippen MR) is 61.4 cm³/mol. The lowest BCUT2D eigenvalue weighted by Crippen LogP contribution is -2.16. The molecule has 0 amide bonds. The normalized spacial score (nSPS) is 10.7. The summed E-state index contributed by atoms with van der Waals surface area (Å²) in [5.74, 6) is 1.33. The summed E-state index contributed by atoms with van der Waals surface area (Å²) in [6.07, 6.45) is 2.28. The fourth-order valence-corrected chi connectivity index (χ4v) is 1.79. The second-order valence-corrected chi connectivity index (χ2v) is 3.72. The Morgan fingerprint density at radius 3 is 2.69 bits per heavy atom. The van der Waals surface area contributed by atoms with Crippen LogP contribution in [0.1, 0.15) is 23.9 Å². The van der Waals surface area contributed by atoms with Gasteiger partial charge in [0.25, 0.3) is 5.56 Å². The first kappa shape index (κ1) is 10.7. The second-order valence-electron chi connectivity index (χ2n) is 3.72. The number of aromatic nitrogens is 2. The Hall–Kier alpha value is -1.84. The number of nitrogens with one attached hydrogen (secondary N) is 1. The van der Waals surface area contributed by atoms with E-state index >= 15 is 0 Å². The highest BCUT2D eigenvalue weighted by Crippen LogP contribution is 2.20. The third kappa shape index (κ3) is 1.66. The predicted octanol–water partition coefficient (Wildman–Crippen LogP) is 2.21. The van der Waals surface area contributed by atoms with Crippen molar-refractivity contribution in [3.8, 4) is 11.4 Å². The molecule has 0 saturated heterocycles. The Morgan fingerprint density at radius 2 is 2.19 bits per heavy atom. The van der Waals surface area contributed by atoms with Crippen molar-refractivity contribution in [2.75, 3.05) is 0 Å². The van der Waals surface area contributed by atoms with Gasteiger partial charge in [-0.15, -0.1) is 0 Å². The van der Waals surface area contributed by atoms with Crippen molar-refractivity contribution in [2.24, 2.45) is 0 Å². The van der Waals surface area contributed by atoms with Gasteiger partial charge in [0.2, 0.25) is 0 Å². The molecule has 1 N–H and O–H groups in total. The zero-order valence-electron chi connectivity index (χ0n) is 9.63. The van der Waals surface area contributed by atoms with Crippen LogP contribution in [0.15, 0.2) is 21.5 Å². The van der Waals surface area contributed by atoms with Crippen molar-refractivity contribution in [1.82, 2.24) is 9.97 Å². The fraction of sp³-hybridized carbons (Fsp3) is 0.333. The number of hydrogen-bond donors (Lipinski definition) is 1. The first-order valence-corrected chi connectivity index (χ1v) is 5.27. The first-order valence-electron chi connectivity index (χ1n) is 5.27. The summed E-state index contributed by atoms with van der Waals surface area (Å²) in [5.41, 5.74) is 2.29. The van der Waals surface area contributed by atoms with Gasteiger partial charge in [-0.1, -0.05) is 6.92 Å². The van der Waals surface area contributed by atoms with Crippen LogP contribution >= 0.6 is 0 Å². The molecule has 0 spiro atoms. The third-order valence-corrected chi connectivity index (χ3v) is 2.69. The van der Waals surface area contributed by atoms with E-state index in [9.17, 15) is 4.79 Å². The molecular weight excluding hydrogens is 204 g/mol. The van der Waals surface area contributed by atoms with Gasteiger partial charge in [-0.3, -0.25) is 4.79 Å². The Labute approximate surface area is 93.3 Å². The average Bonchev–Trinajstić information content (AvgIpc) is 2.64. The molecule has 0 atom stereocenters. The van der Waals surface area contributed by atoms with E-state index in [1.807, 2.05) is 20.8 Å². The van der Waals surface area contributed by atoms with Crippen LogP contribution in [0.4, 0.5) is 0 Å². The van der Waals surface area contributed by atoms with Gasteiger partial charge in [-0.05, 0) is 26.3 Å². The Morgan fingerprint density at radius 1 is 1.44 bits per heavy atom. The minimum Gasteiger partial charge on any atom is -0.469 e. The van der Waals surface area contributed by atoms with E-state index in [2.05, 4.69) is 9.97 Å². The van der Waals surface area contributed by atoms with Gasteiger partial charge in [0.05, 0.1) is 11.8 Å². The number of hydrogen-bond acceptors (Lipinski definition) is 3. The number of aryl methyl sites for hydroxylation is 2. The van der Waals surface area contributed by atoms with E-state index in [4.69, 9.17) is 4.42 Å². The summed E-state index contributed by atoms with van der Waals surface area (Å²) in [6, 6.07) is 1.80. The molecule has 4 nitrogen and oxygen atoms in total. The first-order chi connectivity index (χ1) is 7.63. The third-order valence-electron chi connectivity index (χ3n) is 2.69. The largest absolute Gasteiger partial charge is 0.469 e. The molecule has 0 aliphatic carbocycles. The SMILES string of the molecule is CCc1c(C)nc(-c2ccoc2C)[nH]c1=O. The van der Waals surface area contributed by atoms with Gasteiger partial charge >= 0.3 is 0 Å². The summed E-state index contributed by atoms with van der Waals surface area (Å²) in [5, 5.41) is 0. The fourth-order valence-electron chi connectivity index (χ4n) is 1.79. The highest BCUT2D eigenvalue weighted by molar-refractivity contribution is 5.57. The lowest BCUT2D eigenvalue weighted by molar-refractivity contribution is 0.535. The van der Waals surface area contributed by atoms with E-state index in [1.54, 1.807) is 12.3 Å². The quantitative estimate of drug-likeness (QED) is 0.840. The molecule has 0 fully saturated rings. The zero-order valence-corrected chi connectivity index (χ0v) is 9.63. The van der Waals surface area contributed by atoms with Crippen LogP contribution in [0.2, 0.25) is 0 Å². The van der Waals surface area contributed by atoms with Crippen molar-refractivity contribution >= 4 is 0 Å². The maximum Gasteiger partial charge on any atom is 0.254 e. The minimum atomic E-state index is -0.0643. The number of H-pyrrole nitrogens is 1. The number of rotatable bonds is 2. The summed E-state index contributed by atoms with van der Waals surface area (Å²) >= 11 is 0. The van der Waals surface area contributed by atoms with E-state index in [-0.39, 0.29) is 5.56 Å². The van der Waals surface area contributed by atoms with E-state index in [0.29, 0.717) is 12.2 Å². The van der Waals surface area contributed by atoms with Crippen LogP contribution in [-0.4, -0.2) is 9.97 Å². The second kappa shape index (κ2) is 3.96. The summed E-state index contributed by atoms with van der Waals surface area (Å²) < 4.78 is 5.19. The summed E-state index contributed by atoms with van der Waals surface area (Å²) in [6.45, 7) is 5.65. The zero-order chi connectivity index (χ0) is 11.7. The maximum absolute atomic E-state index is 11.8. The molecule has 0 aliphatic heterocycles. The van der Waals surface area contributed by atoms with Gasteiger partial charge in [-0.2, -0.15) is 0 Å². The van der Waals surface area contributed by atoms with Crippen LogP contribution in [0.25, 0.3) is 11.4 Å². The van der Waals surface area contributed by atoms with Crippen molar-refractivity contribution in [3.63, 3.8) is 0 Å². The minimum absolute atomic E-state index is 0.0643. The van der Waals surface area contributed by atoms with Crippen molar-refractivity contribution in [1.29, 1.82) is 0 Å². The van der Waals surface area contributed by atoms with Gasteiger partial charge in [0, 0.05) is 11.3 Å². The van der Waals surface area contributed by atoms with Crippen LogP contribution in [0.3, 0.4) is 0 Å². The van der Waals surface area contributed by atoms with E-state index < -0.39 is 0 Å². The molecule has 84 valence electrons. The van der Waals surface area contributed by atoms with Gasteiger partial charge < -0.3 is 9.40 Å². The standard InChI is InChI=1S/C12H14N2O2/c1-4-9-7(2)13-11(14-12(9)15)10-5-6-16-8(10)3/h5-6H,4H2,1-3H3,(H,13,14,15). The smallest absolute Gasteiger partial charge is 0.254 e. The number of nitrogens with zero attached hydrogens (tertiary/aromatic N) is 1. The Kier molecular flexibility index (Phi) is 2.64. The molecule has 0 aliphatic rings. The van der Waals surface area contributed by atoms with E-state index in [1.165, 1.54) is 0 Å². The Bertz CT molecular complexity index is 567. The molecule has 0 aromatic carbocycles. The topological polar surface area (TPSA) is 58.9 Å². The highest BCUT2D eigenvalue weighted by atomic mass is 16.3. The monoisotopic (exact) mass is 218 g/mol.